The van der Waals surface area contributed by atoms with E-state index in [1.807, 2.05) is 0 Å². The quantitative estimate of drug-likeness (QED) is 0.684. The van der Waals surface area contributed by atoms with Crippen LogP contribution in [0.2, 0.25) is 0 Å². The fraction of sp³-hybridized carbons (Fsp3) is 0.941. The maximum Gasteiger partial charge on any atom is 0.166 e. The summed E-state index contributed by atoms with van der Waals surface area (Å²) in [6, 6.07) is 1.01. The highest BCUT2D eigenvalue weighted by molar-refractivity contribution is 7.80. The van der Waals surface area contributed by atoms with Crippen molar-refractivity contribution >= 4 is 17.3 Å². The van der Waals surface area contributed by atoms with Gasteiger partial charge in [0.1, 0.15) is 0 Å². The van der Waals surface area contributed by atoms with Crippen LogP contribution in [0.4, 0.5) is 0 Å². The molecule has 1 heterocycles. The zero-order valence-corrected chi connectivity index (χ0v) is 15.2. The molecule has 0 radical (unpaired) electrons. The van der Waals surface area contributed by atoms with Crippen molar-refractivity contribution in [3.63, 3.8) is 0 Å². The third-order valence-electron chi connectivity index (χ3n) is 4.95. The Balaban J connectivity index is 1.87. The summed E-state index contributed by atoms with van der Waals surface area (Å²) in [6.07, 6.45) is 7.51. The summed E-state index contributed by atoms with van der Waals surface area (Å²) >= 11 is 5.58. The van der Waals surface area contributed by atoms with E-state index >= 15 is 0 Å². The van der Waals surface area contributed by atoms with Crippen LogP contribution in [0.3, 0.4) is 0 Å². The van der Waals surface area contributed by atoms with Gasteiger partial charge in [-0.15, -0.1) is 0 Å². The molecule has 0 aromatic heterocycles. The minimum absolute atomic E-state index is 0.160. The smallest absolute Gasteiger partial charge is 0.166 e. The fourth-order valence-corrected chi connectivity index (χ4v) is 4.67. The van der Waals surface area contributed by atoms with Gasteiger partial charge in [-0.1, -0.05) is 19.8 Å². The second kappa shape index (κ2) is 6.41. The molecule has 3 nitrogen and oxygen atoms in total. The number of piperidine rings is 1. The van der Waals surface area contributed by atoms with Crippen LogP contribution >= 0.6 is 12.2 Å². The van der Waals surface area contributed by atoms with Crippen molar-refractivity contribution in [2.75, 3.05) is 0 Å². The highest BCUT2D eigenvalue weighted by atomic mass is 32.1. The molecule has 0 unspecified atom stereocenters. The van der Waals surface area contributed by atoms with Gasteiger partial charge in [-0.2, -0.15) is 0 Å². The molecule has 1 saturated heterocycles. The number of rotatable bonds is 2. The normalized spacial score (nSPS) is 32.4. The Morgan fingerprint density at radius 1 is 1.00 bits per heavy atom. The zero-order chi connectivity index (χ0) is 15.7. The molecule has 0 bridgehead atoms. The molecular formula is C17H33N3S. The SMILES string of the molecule is C[C@H]1CCCC[C@@H]1NC(=S)NC1CC(C)(C)NC(C)(C)C1. The van der Waals surface area contributed by atoms with Crippen LogP contribution in [0.1, 0.15) is 73.1 Å². The third kappa shape index (κ3) is 5.10. The predicted molar refractivity (Wildman–Crippen MR) is 94.6 cm³/mol. The van der Waals surface area contributed by atoms with Crippen molar-refractivity contribution in [2.24, 2.45) is 5.92 Å². The van der Waals surface area contributed by atoms with Gasteiger partial charge in [-0.25, -0.2) is 0 Å². The number of hydrogen-bond donors (Lipinski definition) is 3. The molecule has 4 heteroatoms. The van der Waals surface area contributed by atoms with E-state index in [0.29, 0.717) is 12.1 Å². The highest BCUT2D eigenvalue weighted by Gasteiger charge is 2.38. The van der Waals surface area contributed by atoms with Gasteiger partial charge in [0.15, 0.2) is 5.11 Å². The molecule has 1 aliphatic heterocycles. The van der Waals surface area contributed by atoms with Gasteiger partial charge in [0, 0.05) is 23.2 Å². The monoisotopic (exact) mass is 311 g/mol. The second-order valence-corrected chi connectivity index (χ2v) is 8.89. The molecule has 0 aromatic carbocycles. The standard InChI is InChI=1S/C17H33N3S/c1-12-8-6-7-9-14(12)19-15(21)18-13-10-16(2,3)20-17(4,5)11-13/h12-14,20H,6-11H2,1-5H3,(H2,18,19,21)/t12-,14-/m0/s1. The zero-order valence-electron chi connectivity index (χ0n) is 14.4. The van der Waals surface area contributed by atoms with E-state index in [0.717, 1.165) is 23.9 Å². The minimum Gasteiger partial charge on any atom is -0.360 e. The lowest BCUT2D eigenvalue weighted by Gasteiger charge is -2.47. The van der Waals surface area contributed by atoms with E-state index in [1.165, 1.54) is 25.7 Å². The predicted octanol–water partition coefficient (Wildman–Crippen LogP) is 3.34. The lowest BCUT2D eigenvalue weighted by Crippen LogP contribution is -2.63. The van der Waals surface area contributed by atoms with Crippen molar-refractivity contribution in [3.8, 4) is 0 Å². The molecule has 0 spiro atoms. The van der Waals surface area contributed by atoms with Gasteiger partial charge in [0.25, 0.3) is 0 Å². The van der Waals surface area contributed by atoms with Crippen LogP contribution < -0.4 is 16.0 Å². The molecule has 2 aliphatic rings. The van der Waals surface area contributed by atoms with Crippen molar-refractivity contribution in [2.45, 2.75) is 96.3 Å². The van der Waals surface area contributed by atoms with E-state index in [-0.39, 0.29) is 11.1 Å². The molecule has 1 aliphatic carbocycles. The van der Waals surface area contributed by atoms with E-state index in [1.54, 1.807) is 0 Å². The lowest BCUT2D eigenvalue weighted by atomic mass is 9.79. The molecular weight excluding hydrogens is 278 g/mol. The highest BCUT2D eigenvalue weighted by Crippen LogP contribution is 2.28. The van der Waals surface area contributed by atoms with Crippen molar-refractivity contribution in [1.29, 1.82) is 0 Å². The van der Waals surface area contributed by atoms with Gasteiger partial charge in [0.05, 0.1) is 0 Å². The van der Waals surface area contributed by atoms with Crippen LogP contribution in [-0.2, 0) is 0 Å². The van der Waals surface area contributed by atoms with Crippen LogP contribution in [0.15, 0.2) is 0 Å². The van der Waals surface area contributed by atoms with E-state index in [9.17, 15) is 0 Å². The average molecular weight is 312 g/mol. The second-order valence-electron chi connectivity index (χ2n) is 8.48. The van der Waals surface area contributed by atoms with Crippen LogP contribution in [0.25, 0.3) is 0 Å². The molecule has 0 aromatic rings. The molecule has 122 valence electrons. The Morgan fingerprint density at radius 2 is 1.57 bits per heavy atom. The number of hydrogen-bond acceptors (Lipinski definition) is 2. The van der Waals surface area contributed by atoms with E-state index in [2.05, 4.69) is 50.6 Å². The minimum atomic E-state index is 0.160. The van der Waals surface area contributed by atoms with Crippen LogP contribution in [-0.4, -0.2) is 28.3 Å². The fourth-order valence-electron chi connectivity index (χ4n) is 4.35. The van der Waals surface area contributed by atoms with Gasteiger partial charge in [-0.3, -0.25) is 0 Å². The molecule has 1 saturated carbocycles. The van der Waals surface area contributed by atoms with E-state index < -0.39 is 0 Å². The summed E-state index contributed by atoms with van der Waals surface area (Å²) in [4.78, 5) is 0. The molecule has 21 heavy (non-hydrogen) atoms. The van der Waals surface area contributed by atoms with Gasteiger partial charge in [-0.05, 0) is 71.5 Å². The van der Waals surface area contributed by atoms with Gasteiger partial charge in [0.2, 0.25) is 0 Å². The third-order valence-corrected chi connectivity index (χ3v) is 5.19. The molecule has 2 atom stereocenters. The van der Waals surface area contributed by atoms with E-state index in [4.69, 9.17) is 12.2 Å². The first-order valence-corrected chi connectivity index (χ1v) is 8.94. The number of nitrogens with one attached hydrogen (secondary N) is 3. The Hall–Kier alpha value is -0.350. The summed E-state index contributed by atoms with van der Waals surface area (Å²) < 4.78 is 0. The topological polar surface area (TPSA) is 36.1 Å². The Bertz CT molecular complexity index is 362. The van der Waals surface area contributed by atoms with Crippen LogP contribution in [0, 0.1) is 5.92 Å². The maximum absolute atomic E-state index is 5.58. The lowest BCUT2D eigenvalue weighted by molar-refractivity contribution is 0.155. The molecule has 2 rings (SSSR count). The Kier molecular flexibility index (Phi) is 5.19. The van der Waals surface area contributed by atoms with Crippen molar-refractivity contribution in [1.82, 2.24) is 16.0 Å². The first-order valence-electron chi connectivity index (χ1n) is 8.53. The average Bonchev–Trinajstić information content (AvgIpc) is 2.27. The largest absolute Gasteiger partial charge is 0.360 e. The Labute approximate surface area is 136 Å². The summed E-state index contributed by atoms with van der Waals surface area (Å²) in [5.74, 6) is 0.736. The maximum atomic E-state index is 5.58. The first kappa shape index (κ1) is 17.0. The first-order chi connectivity index (χ1) is 9.67. The molecule has 2 fully saturated rings. The van der Waals surface area contributed by atoms with Gasteiger partial charge >= 0.3 is 0 Å². The van der Waals surface area contributed by atoms with Crippen molar-refractivity contribution < 1.29 is 0 Å². The summed E-state index contributed by atoms with van der Waals surface area (Å²) in [5, 5.41) is 11.7. The summed E-state index contributed by atoms with van der Waals surface area (Å²) in [6.45, 7) is 11.5. The van der Waals surface area contributed by atoms with Gasteiger partial charge < -0.3 is 16.0 Å². The van der Waals surface area contributed by atoms with Crippen LogP contribution in [0.5, 0.6) is 0 Å². The summed E-state index contributed by atoms with van der Waals surface area (Å²) in [5.41, 5.74) is 0.320. The summed E-state index contributed by atoms with van der Waals surface area (Å²) in [7, 11) is 0. The Morgan fingerprint density at radius 3 is 2.14 bits per heavy atom. The molecule has 0 amide bonds. The van der Waals surface area contributed by atoms with Crippen molar-refractivity contribution in [3.05, 3.63) is 0 Å². The number of thiocarbonyl (C=S) groups is 1. The molecule has 3 N–H and O–H groups in total.